The zero-order valence-electron chi connectivity index (χ0n) is 10.2. The molecule has 0 unspecified atom stereocenters. The van der Waals surface area contributed by atoms with E-state index in [2.05, 4.69) is 12.1 Å². The molecule has 0 radical (unpaired) electrons. The highest BCUT2D eigenvalue weighted by atomic mass is 16.5. The van der Waals surface area contributed by atoms with Crippen molar-refractivity contribution in [2.75, 3.05) is 6.61 Å². The van der Waals surface area contributed by atoms with Crippen LogP contribution in [0.5, 0.6) is 5.75 Å². The second kappa shape index (κ2) is 6.16. The predicted molar refractivity (Wildman–Crippen MR) is 65.6 cm³/mol. The fraction of sp³-hybridized carbons (Fsp3) is 0.462. The van der Waals surface area contributed by atoms with Gasteiger partial charge >= 0.3 is 0 Å². The van der Waals surface area contributed by atoms with Gasteiger partial charge in [-0.2, -0.15) is 0 Å². The highest BCUT2D eigenvalue weighted by Gasteiger charge is 2.03. The number of unbranched alkanes of at least 4 members (excludes halogenated alkanes) is 1. The van der Waals surface area contributed by atoms with Crippen molar-refractivity contribution in [2.24, 2.45) is 5.16 Å². The summed E-state index contributed by atoms with van der Waals surface area (Å²) in [7, 11) is 0. The van der Waals surface area contributed by atoms with Gasteiger partial charge in [0.2, 0.25) is 0 Å². The van der Waals surface area contributed by atoms with Crippen LogP contribution in [0.2, 0.25) is 0 Å². The van der Waals surface area contributed by atoms with Gasteiger partial charge in [-0.15, -0.1) is 0 Å². The van der Waals surface area contributed by atoms with Gasteiger partial charge in [0.25, 0.3) is 0 Å². The molecule has 0 aliphatic carbocycles. The Bertz CT molecular complexity index is 372. The van der Waals surface area contributed by atoms with Crippen molar-refractivity contribution in [2.45, 2.75) is 33.6 Å². The molecule has 0 saturated heterocycles. The molecule has 0 aliphatic rings. The molecule has 1 N–H and O–H groups in total. The number of nitrogens with zero attached hydrogens (tertiary/aromatic N) is 1. The molecular formula is C13H19NO2. The molecule has 16 heavy (non-hydrogen) atoms. The lowest BCUT2D eigenvalue weighted by atomic mass is 10.1. The van der Waals surface area contributed by atoms with E-state index < -0.39 is 0 Å². The molecule has 0 spiro atoms. The van der Waals surface area contributed by atoms with Crippen LogP contribution in [0.3, 0.4) is 0 Å². The van der Waals surface area contributed by atoms with Crippen LogP contribution in [0, 0.1) is 6.92 Å². The normalized spacial score (nSPS) is 11.6. The lowest BCUT2D eigenvalue weighted by molar-refractivity contribution is 0.307. The average molecular weight is 221 g/mol. The molecule has 0 saturated carbocycles. The average Bonchev–Trinajstić information content (AvgIpc) is 2.30. The van der Waals surface area contributed by atoms with Crippen molar-refractivity contribution < 1.29 is 9.94 Å². The van der Waals surface area contributed by atoms with Crippen LogP contribution in [0.1, 0.15) is 37.8 Å². The molecule has 0 amide bonds. The highest BCUT2D eigenvalue weighted by molar-refractivity contribution is 5.98. The molecule has 0 heterocycles. The number of ether oxygens (including phenoxy) is 1. The summed E-state index contributed by atoms with van der Waals surface area (Å²) in [6.07, 6.45) is 2.20. The monoisotopic (exact) mass is 221 g/mol. The maximum Gasteiger partial charge on any atom is 0.122 e. The van der Waals surface area contributed by atoms with E-state index in [1.54, 1.807) is 6.92 Å². The van der Waals surface area contributed by atoms with Crippen molar-refractivity contribution in [1.82, 2.24) is 0 Å². The summed E-state index contributed by atoms with van der Waals surface area (Å²) in [6.45, 7) is 6.66. The SMILES string of the molecule is CCCCOc1ccc(/C(C)=N/O)cc1C. The molecule has 3 heteroatoms. The van der Waals surface area contributed by atoms with Gasteiger partial charge in [-0.25, -0.2) is 0 Å². The third-order valence-corrected chi connectivity index (χ3v) is 2.50. The lowest BCUT2D eigenvalue weighted by Gasteiger charge is -2.09. The van der Waals surface area contributed by atoms with Crippen LogP contribution in [0.15, 0.2) is 23.4 Å². The van der Waals surface area contributed by atoms with Crippen LogP contribution in [0.25, 0.3) is 0 Å². The highest BCUT2D eigenvalue weighted by Crippen LogP contribution is 2.19. The number of hydrogen-bond acceptors (Lipinski definition) is 3. The molecule has 1 rings (SSSR count). The fourth-order valence-corrected chi connectivity index (χ4v) is 1.42. The van der Waals surface area contributed by atoms with Gasteiger partial charge in [0.1, 0.15) is 5.75 Å². The standard InChI is InChI=1S/C13H19NO2/c1-4-5-8-16-13-7-6-12(9-10(13)2)11(3)14-15/h6-7,9,15H,4-5,8H2,1-3H3/b14-11+. The Morgan fingerprint density at radius 2 is 2.19 bits per heavy atom. The number of hydrogen-bond donors (Lipinski definition) is 1. The molecule has 0 atom stereocenters. The van der Waals surface area contributed by atoms with Crippen molar-refractivity contribution in [3.05, 3.63) is 29.3 Å². The summed E-state index contributed by atoms with van der Waals surface area (Å²) >= 11 is 0. The second-order valence-electron chi connectivity index (χ2n) is 3.87. The number of aryl methyl sites for hydroxylation is 1. The van der Waals surface area contributed by atoms with Crippen LogP contribution in [-0.2, 0) is 0 Å². The third-order valence-electron chi connectivity index (χ3n) is 2.50. The maximum absolute atomic E-state index is 8.68. The first-order valence-electron chi connectivity index (χ1n) is 5.61. The molecule has 0 bridgehead atoms. The summed E-state index contributed by atoms with van der Waals surface area (Å²) in [4.78, 5) is 0. The zero-order chi connectivity index (χ0) is 12.0. The topological polar surface area (TPSA) is 41.8 Å². The largest absolute Gasteiger partial charge is 0.493 e. The van der Waals surface area contributed by atoms with E-state index in [0.29, 0.717) is 5.71 Å². The minimum Gasteiger partial charge on any atom is -0.493 e. The van der Waals surface area contributed by atoms with Crippen LogP contribution in [-0.4, -0.2) is 17.5 Å². The summed E-state index contributed by atoms with van der Waals surface area (Å²) in [5.74, 6) is 0.905. The first-order chi connectivity index (χ1) is 7.69. The van der Waals surface area contributed by atoms with E-state index >= 15 is 0 Å². The Morgan fingerprint density at radius 3 is 2.75 bits per heavy atom. The second-order valence-corrected chi connectivity index (χ2v) is 3.87. The molecule has 3 nitrogen and oxygen atoms in total. The minimum atomic E-state index is 0.614. The van der Waals surface area contributed by atoms with Crippen LogP contribution in [0.4, 0.5) is 0 Å². The van der Waals surface area contributed by atoms with E-state index in [0.717, 1.165) is 36.3 Å². The van der Waals surface area contributed by atoms with E-state index in [1.165, 1.54) is 0 Å². The summed E-state index contributed by atoms with van der Waals surface area (Å²) < 4.78 is 5.64. The van der Waals surface area contributed by atoms with Crippen LogP contribution >= 0.6 is 0 Å². The lowest BCUT2D eigenvalue weighted by Crippen LogP contribution is -2.00. The van der Waals surface area contributed by atoms with Gasteiger partial charge in [-0.05, 0) is 49.6 Å². The van der Waals surface area contributed by atoms with Crippen LogP contribution < -0.4 is 4.74 Å². The number of benzene rings is 1. The van der Waals surface area contributed by atoms with Crippen molar-refractivity contribution in [1.29, 1.82) is 0 Å². The van der Waals surface area contributed by atoms with Gasteiger partial charge in [0.05, 0.1) is 12.3 Å². The first kappa shape index (κ1) is 12.6. The summed E-state index contributed by atoms with van der Waals surface area (Å²) in [6, 6.07) is 5.80. The molecule has 0 aliphatic heterocycles. The Kier molecular flexibility index (Phi) is 4.83. The molecular weight excluding hydrogens is 202 g/mol. The van der Waals surface area contributed by atoms with E-state index in [1.807, 2.05) is 25.1 Å². The summed E-state index contributed by atoms with van der Waals surface area (Å²) in [5.41, 5.74) is 2.60. The van der Waals surface area contributed by atoms with Gasteiger partial charge in [0.15, 0.2) is 0 Å². The van der Waals surface area contributed by atoms with E-state index in [-0.39, 0.29) is 0 Å². The molecule has 1 aromatic rings. The van der Waals surface area contributed by atoms with Crippen molar-refractivity contribution in [3.8, 4) is 5.75 Å². The van der Waals surface area contributed by atoms with Crippen molar-refractivity contribution >= 4 is 5.71 Å². The van der Waals surface area contributed by atoms with Gasteiger partial charge < -0.3 is 9.94 Å². The van der Waals surface area contributed by atoms with Gasteiger partial charge in [0, 0.05) is 0 Å². The summed E-state index contributed by atoms with van der Waals surface area (Å²) in [5, 5.41) is 11.9. The maximum atomic E-state index is 8.68. The minimum absolute atomic E-state index is 0.614. The Hall–Kier alpha value is -1.51. The molecule has 0 fully saturated rings. The third kappa shape index (κ3) is 3.26. The molecule has 0 aromatic heterocycles. The Balaban J connectivity index is 2.75. The number of oxime groups is 1. The molecule has 88 valence electrons. The van der Waals surface area contributed by atoms with Crippen molar-refractivity contribution in [3.63, 3.8) is 0 Å². The molecule has 1 aromatic carbocycles. The number of rotatable bonds is 5. The van der Waals surface area contributed by atoms with E-state index in [4.69, 9.17) is 9.94 Å². The van der Waals surface area contributed by atoms with Gasteiger partial charge in [-0.1, -0.05) is 18.5 Å². The van der Waals surface area contributed by atoms with E-state index in [9.17, 15) is 0 Å². The van der Waals surface area contributed by atoms with Gasteiger partial charge in [-0.3, -0.25) is 0 Å². The zero-order valence-corrected chi connectivity index (χ0v) is 10.2. The quantitative estimate of drug-likeness (QED) is 0.358. The first-order valence-corrected chi connectivity index (χ1v) is 5.61. The predicted octanol–water partition coefficient (Wildman–Crippen LogP) is 3.37. The Labute approximate surface area is 96.7 Å². The fourth-order valence-electron chi connectivity index (χ4n) is 1.42. The Morgan fingerprint density at radius 1 is 1.44 bits per heavy atom. The smallest absolute Gasteiger partial charge is 0.122 e.